The summed E-state index contributed by atoms with van der Waals surface area (Å²) >= 11 is 0. The predicted octanol–water partition coefficient (Wildman–Crippen LogP) is 1.96. The number of esters is 1. The molecule has 0 spiro atoms. The van der Waals surface area contributed by atoms with Crippen molar-refractivity contribution in [2.45, 2.75) is 6.92 Å². The van der Waals surface area contributed by atoms with Gasteiger partial charge in [-0.05, 0) is 24.6 Å². The van der Waals surface area contributed by atoms with Gasteiger partial charge in [-0.1, -0.05) is 18.2 Å². The summed E-state index contributed by atoms with van der Waals surface area (Å²) in [7, 11) is 0. The first kappa shape index (κ1) is 12.0. The number of benzene rings is 1. The summed E-state index contributed by atoms with van der Waals surface area (Å²) in [5.74, 6) is -1.51. The lowest BCUT2D eigenvalue weighted by molar-refractivity contribution is -0.137. The molecule has 0 aliphatic carbocycles. The van der Waals surface area contributed by atoms with Gasteiger partial charge in [0, 0.05) is 6.08 Å². The average molecular weight is 220 g/mol. The number of carbonyl (C=O) groups excluding carboxylic acids is 1. The van der Waals surface area contributed by atoms with E-state index in [0.717, 1.165) is 0 Å². The second kappa shape index (κ2) is 5.70. The van der Waals surface area contributed by atoms with Crippen LogP contribution in [0.15, 0.2) is 30.3 Å². The van der Waals surface area contributed by atoms with E-state index in [4.69, 9.17) is 9.84 Å². The van der Waals surface area contributed by atoms with Gasteiger partial charge in [0.15, 0.2) is 0 Å². The number of hydrogen-bond donors (Lipinski definition) is 1. The molecule has 0 saturated heterocycles. The van der Waals surface area contributed by atoms with Crippen LogP contribution in [-0.2, 0) is 9.53 Å². The highest BCUT2D eigenvalue weighted by Gasteiger charge is 2.06. The van der Waals surface area contributed by atoms with E-state index >= 15 is 0 Å². The van der Waals surface area contributed by atoms with Crippen molar-refractivity contribution in [3.63, 3.8) is 0 Å². The molecule has 1 aromatic rings. The standard InChI is InChI=1S/C12H12O4/c1-2-16-11(13)8-7-9-5-3-4-6-10(9)12(14)15/h3-8H,2H2,1H3,(H,14,15)/b8-7+. The molecule has 0 aromatic heterocycles. The van der Waals surface area contributed by atoms with Gasteiger partial charge < -0.3 is 9.84 Å². The number of carboxylic acids is 1. The second-order valence-electron chi connectivity index (χ2n) is 2.98. The van der Waals surface area contributed by atoms with Crippen molar-refractivity contribution in [1.29, 1.82) is 0 Å². The molecule has 84 valence electrons. The Balaban J connectivity index is 2.88. The van der Waals surface area contributed by atoms with Crippen molar-refractivity contribution in [1.82, 2.24) is 0 Å². The van der Waals surface area contributed by atoms with Gasteiger partial charge in [-0.15, -0.1) is 0 Å². The molecule has 4 nitrogen and oxygen atoms in total. The molecule has 0 unspecified atom stereocenters. The highest BCUT2D eigenvalue weighted by Crippen LogP contribution is 2.10. The Morgan fingerprint density at radius 3 is 2.69 bits per heavy atom. The molecule has 0 heterocycles. The molecular weight excluding hydrogens is 208 g/mol. The van der Waals surface area contributed by atoms with Gasteiger partial charge in [-0.25, -0.2) is 9.59 Å². The number of hydrogen-bond acceptors (Lipinski definition) is 3. The first-order valence-corrected chi connectivity index (χ1v) is 4.82. The minimum atomic E-state index is -1.02. The van der Waals surface area contributed by atoms with Crippen molar-refractivity contribution in [3.8, 4) is 0 Å². The number of rotatable bonds is 4. The molecule has 0 radical (unpaired) electrons. The minimum Gasteiger partial charge on any atom is -0.478 e. The van der Waals surface area contributed by atoms with E-state index in [2.05, 4.69) is 0 Å². The normalized spacial score (nSPS) is 10.3. The highest BCUT2D eigenvalue weighted by molar-refractivity contribution is 5.94. The molecule has 0 saturated carbocycles. The zero-order valence-electron chi connectivity index (χ0n) is 8.84. The van der Waals surface area contributed by atoms with E-state index in [1.165, 1.54) is 18.2 Å². The molecule has 1 rings (SSSR count). The van der Waals surface area contributed by atoms with Crippen molar-refractivity contribution in [2.24, 2.45) is 0 Å². The summed E-state index contributed by atoms with van der Waals surface area (Å²) in [6.07, 6.45) is 2.65. The lowest BCUT2D eigenvalue weighted by Crippen LogP contribution is -2.01. The number of carbonyl (C=O) groups is 2. The van der Waals surface area contributed by atoms with Gasteiger partial charge in [0.25, 0.3) is 0 Å². The summed E-state index contributed by atoms with van der Waals surface area (Å²) in [6.45, 7) is 2.00. The number of carboxylic acid groups (broad SMARTS) is 1. The Labute approximate surface area is 93.2 Å². The third kappa shape index (κ3) is 3.24. The molecule has 0 aliphatic heterocycles. The molecule has 1 N–H and O–H groups in total. The molecule has 0 atom stereocenters. The van der Waals surface area contributed by atoms with Crippen LogP contribution in [0.4, 0.5) is 0 Å². The topological polar surface area (TPSA) is 63.6 Å². The van der Waals surface area contributed by atoms with Crippen LogP contribution in [-0.4, -0.2) is 23.7 Å². The Morgan fingerprint density at radius 1 is 1.38 bits per heavy atom. The average Bonchev–Trinajstić information content (AvgIpc) is 2.27. The Hall–Kier alpha value is -2.10. The van der Waals surface area contributed by atoms with E-state index < -0.39 is 11.9 Å². The van der Waals surface area contributed by atoms with Crippen molar-refractivity contribution in [3.05, 3.63) is 41.5 Å². The van der Waals surface area contributed by atoms with Crippen molar-refractivity contribution in [2.75, 3.05) is 6.61 Å². The Morgan fingerprint density at radius 2 is 2.06 bits per heavy atom. The van der Waals surface area contributed by atoms with Crippen LogP contribution in [0.3, 0.4) is 0 Å². The maximum Gasteiger partial charge on any atom is 0.336 e. The molecule has 0 bridgehead atoms. The highest BCUT2D eigenvalue weighted by atomic mass is 16.5. The Bertz CT molecular complexity index is 421. The van der Waals surface area contributed by atoms with Gasteiger partial charge in [0.1, 0.15) is 0 Å². The van der Waals surface area contributed by atoms with Gasteiger partial charge in [0.05, 0.1) is 12.2 Å². The lowest BCUT2D eigenvalue weighted by Gasteiger charge is -1.99. The maximum absolute atomic E-state index is 11.0. The quantitative estimate of drug-likeness (QED) is 0.622. The predicted molar refractivity (Wildman–Crippen MR) is 59.1 cm³/mol. The van der Waals surface area contributed by atoms with Gasteiger partial charge in [0.2, 0.25) is 0 Å². The summed E-state index contributed by atoms with van der Waals surface area (Å²) < 4.78 is 4.69. The van der Waals surface area contributed by atoms with E-state index in [0.29, 0.717) is 12.2 Å². The number of aromatic carboxylic acids is 1. The maximum atomic E-state index is 11.0. The Kier molecular flexibility index (Phi) is 4.27. The first-order chi connectivity index (χ1) is 7.65. The third-order valence-electron chi connectivity index (χ3n) is 1.88. The SMILES string of the molecule is CCOC(=O)/C=C/c1ccccc1C(=O)O. The van der Waals surface area contributed by atoms with Gasteiger partial charge in [-0.3, -0.25) is 0 Å². The molecule has 0 aliphatic rings. The zero-order chi connectivity index (χ0) is 12.0. The summed E-state index contributed by atoms with van der Waals surface area (Å²) in [5, 5.41) is 8.88. The molecular formula is C12H12O4. The van der Waals surface area contributed by atoms with Gasteiger partial charge in [-0.2, -0.15) is 0 Å². The molecule has 0 fully saturated rings. The molecule has 1 aromatic carbocycles. The van der Waals surface area contributed by atoms with Crippen LogP contribution in [0, 0.1) is 0 Å². The van der Waals surface area contributed by atoms with E-state index in [1.54, 1.807) is 25.1 Å². The van der Waals surface area contributed by atoms with Crippen LogP contribution < -0.4 is 0 Å². The molecule has 0 amide bonds. The van der Waals surface area contributed by atoms with E-state index in [1.807, 2.05) is 0 Å². The minimum absolute atomic E-state index is 0.156. The van der Waals surface area contributed by atoms with Crippen LogP contribution in [0.2, 0.25) is 0 Å². The monoisotopic (exact) mass is 220 g/mol. The first-order valence-electron chi connectivity index (χ1n) is 4.82. The summed E-state index contributed by atoms with van der Waals surface area (Å²) in [4.78, 5) is 21.9. The lowest BCUT2D eigenvalue weighted by atomic mass is 10.1. The smallest absolute Gasteiger partial charge is 0.336 e. The fourth-order valence-electron chi connectivity index (χ4n) is 1.19. The largest absolute Gasteiger partial charge is 0.478 e. The number of ether oxygens (including phenoxy) is 1. The van der Waals surface area contributed by atoms with Crippen LogP contribution in [0.1, 0.15) is 22.8 Å². The molecule has 16 heavy (non-hydrogen) atoms. The van der Waals surface area contributed by atoms with E-state index in [-0.39, 0.29) is 5.56 Å². The van der Waals surface area contributed by atoms with Crippen LogP contribution >= 0.6 is 0 Å². The third-order valence-corrected chi connectivity index (χ3v) is 1.88. The van der Waals surface area contributed by atoms with E-state index in [9.17, 15) is 9.59 Å². The van der Waals surface area contributed by atoms with Crippen molar-refractivity contribution >= 4 is 18.0 Å². The fraction of sp³-hybridized carbons (Fsp3) is 0.167. The fourth-order valence-corrected chi connectivity index (χ4v) is 1.19. The van der Waals surface area contributed by atoms with Crippen LogP contribution in [0.25, 0.3) is 6.08 Å². The van der Waals surface area contributed by atoms with Gasteiger partial charge >= 0.3 is 11.9 Å². The molecule has 4 heteroatoms. The summed E-state index contributed by atoms with van der Waals surface area (Å²) in [6, 6.07) is 6.44. The second-order valence-corrected chi connectivity index (χ2v) is 2.98. The van der Waals surface area contributed by atoms with Crippen LogP contribution in [0.5, 0.6) is 0 Å². The summed E-state index contributed by atoms with van der Waals surface area (Å²) in [5.41, 5.74) is 0.631. The van der Waals surface area contributed by atoms with Crippen molar-refractivity contribution < 1.29 is 19.4 Å². The zero-order valence-corrected chi connectivity index (χ0v) is 8.84.